The second-order valence-corrected chi connectivity index (χ2v) is 4.36. The third-order valence-electron chi connectivity index (χ3n) is 3.10. The maximum atomic E-state index is 13.0. The Morgan fingerprint density at radius 3 is 2.40 bits per heavy atom. The second-order valence-electron chi connectivity index (χ2n) is 4.36. The Balaban J connectivity index is 2.17. The summed E-state index contributed by atoms with van der Waals surface area (Å²) in [4.78, 5) is 4.03. The summed E-state index contributed by atoms with van der Waals surface area (Å²) in [7, 11) is 0. The first-order valence-corrected chi connectivity index (χ1v) is 6.40. The highest BCUT2D eigenvalue weighted by atomic mass is 19.1. The zero-order valence-corrected chi connectivity index (χ0v) is 11.0. The predicted octanol–water partition coefficient (Wildman–Crippen LogP) is 3.03. The molecule has 3 rings (SSSR count). The van der Waals surface area contributed by atoms with Crippen LogP contribution in [0.1, 0.15) is 12.6 Å². The molecule has 2 heterocycles. The van der Waals surface area contributed by atoms with Crippen LogP contribution in [0.25, 0.3) is 16.9 Å². The van der Waals surface area contributed by atoms with Gasteiger partial charge in [0.25, 0.3) is 0 Å². The van der Waals surface area contributed by atoms with Crippen LogP contribution < -0.4 is 0 Å². The first-order valence-electron chi connectivity index (χ1n) is 6.40. The number of rotatable bonds is 3. The van der Waals surface area contributed by atoms with Gasteiger partial charge in [0.2, 0.25) is 0 Å². The first-order chi connectivity index (χ1) is 9.79. The maximum absolute atomic E-state index is 13.0. The molecule has 0 saturated carbocycles. The van der Waals surface area contributed by atoms with Crippen molar-refractivity contribution >= 4 is 0 Å². The van der Waals surface area contributed by atoms with Gasteiger partial charge in [-0.05, 0) is 42.8 Å². The van der Waals surface area contributed by atoms with Crippen LogP contribution in [0, 0.1) is 5.82 Å². The third kappa shape index (κ3) is 2.18. The monoisotopic (exact) mass is 268 g/mol. The number of halogens is 1. The second kappa shape index (κ2) is 5.21. The van der Waals surface area contributed by atoms with E-state index < -0.39 is 0 Å². The van der Waals surface area contributed by atoms with Gasteiger partial charge in [-0.25, -0.2) is 9.07 Å². The van der Waals surface area contributed by atoms with Gasteiger partial charge in [-0.15, -0.1) is 5.10 Å². The zero-order chi connectivity index (χ0) is 13.9. The van der Waals surface area contributed by atoms with E-state index in [-0.39, 0.29) is 5.82 Å². The van der Waals surface area contributed by atoms with Crippen LogP contribution in [0.2, 0.25) is 0 Å². The molecule has 0 atom stereocenters. The largest absolute Gasteiger partial charge is 0.265 e. The molecule has 0 aliphatic heterocycles. The lowest BCUT2D eigenvalue weighted by atomic mass is 10.1. The molecule has 0 N–H and O–H groups in total. The summed E-state index contributed by atoms with van der Waals surface area (Å²) in [5.74, 6) is -0.268. The van der Waals surface area contributed by atoms with E-state index >= 15 is 0 Å². The van der Waals surface area contributed by atoms with Crippen LogP contribution in [0.4, 0.5) is 4.39 Å². The van der Waals surface area contributed by atoms with Crippen LogP contribution in [-0.4, -0.2) is 20.0 Å². The molecule has 0 aliphatic carbocycles. The van der Waals surface area contributed by atoms with Gasteiger partial charge in [-0.2, -0.15) is 0 Å². The van der Waals surface area contributed by atoms with E-state index in [2.05, 4.69) is 15.3 Å². The minimum absolute atomic E-state index is 0.268. The van der Waals surface area contributed by atoms with E-state index in [1.807, 2.05) is 19.1 Å². The van der Waals surface area contributed by atoms with E-state index in [4.69, 9.17) is 0 Å². The van der Waals surface area contributed by atoms with Gasteiger partial charge >= 0.3 is 0 Å². The molecule has 0 bridgehead atoms. The number of benzene rings is 1. The molecule has 0 saturated heterocycles. The summed E-state index contributed by atoms with van der Waals surface area (Å²) >= 11 is 0. The lowest BCUT2D eigenvalue weighted by Crippen LogP contribution is -2.00. The van der Waals surface area contributed by atoms with Gasteiger partial charge in [0.1, 0.15) is 5.82 Å². The number of hydrogen-bond acceptors (Lipinski definition) is 3. The van der Waals surface area contributed by atoms with Gasteiger partial charge < -0.3 is 0 Å². The van der Waals surface area contributed by atoms with Crippen LogP contribution in [0.3, 0.4) is 0 Å². The third-order valence-corrected chi connectivity index (χ3v) is 3.10. The lowest BCUT2D eigenvalue weighted by molar-refractivity contribution is 0.627. The molecule has 3 aromatic rings. The maximum Gasteiger partial charge on any atom is 0.123 e. The molecular weight excluding hydrogens is 255 g/mol. The molecule has 0 radical (unpaired) electrons. The Hall–Kier alpha value is -2.56. The number of aryl methyl sites for hydroxylation is 1. The zero-order valence-electron chi connectivity index (χ0n) is 11.0. The molecular formula is C15H13FN4. The molecule has 5 heteroatoms. The minimum atomic E-state index is -0.268. The van der Waals surface area contributed by atoms with Crippen molar-refractivity contribution in [3.8, 4) is 16.9 Å². The van der Waals surface area contributed by atoms with E-state index in [9.17, 15) is 4.39 Å². The number of nitrogens with zero attached hydrogens (tertiary/aromatic N) is 4. The van der Waals surface area contributed by atoms with Gasteiger partial charge in [0.05, 0.1) is 17.1 Å². The molecule has 0 unspecified atom stereocenters. The molecule has 4 nitrogen and oxygen atoms in total. The normalized spacial score (nSPS) is 10.7. The Morgan fingerprint density at radius 1 is 1.05 bits per heavy atom. The smallest absolute Gasteiger partial charge is 0.123 e. The average Bonchev–Trinajstić information content (AvgIpc) is 2.93. The molecule has 0 amide bonds. The van der Waals surface area contributed by atoms with E-state index in [0.717, 1.165) is 29.1 Å². The molecule has 0 fully saturated rings. The van der Waals surface area contributed by atoms with E-state index in [1.165, 1.54) is 12.1 Å². The van der Waals surface area contributed by atoms with Crippen molar-refractivity contribution in [2.75, 3.05) is 0 Å². The Labute approximate surface area is 115 Å². The predicted molar refractivity (Wildman–Crippen MR) is 73.9 cm³/mol. The van der Waals surface area contributed by atoms with E-state index in [1.54, 1.807) is 29.2 Å². The van der Waals surface area contributed by atoms with Gasteiger partial charge in [-0.1, -0.05) is 12.1 Å². The van der Waals surface area contributed by atoms with Gasteiger partial charge in [0.15, 0.2) is 0 Å². The van der Waals surface area contributed by atoms with Crippen molar-refractivity contribution < 1.29 is 4.39 Å². The number of hydrogen-bond donors (Lipinski definition) is 0. The SMILES string of the molecule is CCc1nnn(-c2ccc(F)cc2)c1-c1ccncc1. The summed E-state index contributed by atoms with van der Waals surface area (Å²) in [5.41, 5.74) is 3.60. The fraction of sp³-hybridized carbons (Fsp3) is 0.133. The molecule has 100 valence electrons. The van der Waals surface area contributed by atoms with Crippen LogP contribution in [0.15, 0.2) is 48.8 Å². The summed E-state index contributed by atoms with van der Waals surface area (Å²) in [6.07, 6.45) is 4.24. The minimum Gasteiger partial charge on any atom is -0.265 e. The molecule has 0 aliphatic rings. The Morgan fingerprint density at radius 2 is 1.75 bits per heavy atom. The standard InChI is InChI=1S/C15H13FN4/c1-2-14-15(11-7-9-17-10-8-11)20(19-18-14)13-5-3-12(16)4-6-13/h3-10H,2H2,1H3. The van der Waals surface area contributed by atoms with Crippen LogP contribution in [0.5, 0.6) is 0 Å². The van der Waals surface area contributed by atoms with E-state index in [0.29, 0.717) is 0 Å². The molecule has 1 aromatic carbocycles. The Bertz CT molecular complexity index is 704. The topological polar surface area (TPSA) is 43.6 Å². The first kappa shape index (κ1) is 12.5. The fourth-order valence-electron chi connectivity index (χ4n) is 2.11. The van der Waals surface area contributed by atoms with Crippen molar-refractivity contribution in [2.45, 2.75) is 13.3 Å². The van der Waals surface area contributed by atoms with Crippen molar-refractivity contribution in [3.63, 3.8) is 0 Å². The Kier molecular flexibility index (Phi) is 3.25. The highest BCUT2D eigenvalue weighted by molar-refractivity contribution is 5.63. The molecule has 2 aromatic heterocycles. The lowest BCUT2D eigenvalue weighted by Gasteiger charge is -2.07. The summed E-state index contributed by atoms with van der Waals surface area (Å²) in [5, 5.41) is 8.40. The molecule has 0 spiro atoms. The van der Waals surface area contributed by atoms with Crippen molar-refractivity contribution in [2.24, 2.45) is 0 Å². The van der Waals surface area contributed by atoms with Crippen molar-refractivity contribution in [1.82, 2.24) is 20.0 Å². The summed E-state index contributed by atoms with van der Waals surface area (Å²) in [6.45, 7) is 2.03. The summed E-state index contributed by atoms with van der Waals surface area (Å²) in [6, 6.07) is 10.0. The van der Waals surface area contributed by atoms with Gasteiger partial charge in [0, 0.05) is 18.0 Å². The van der Waals surface area contributed by atoms with Crippen LogP contribution in [-0.2, 0) is 6.42 Å². The highest BCUT2D eigenvalue weighted by Gasteiger charge is 2.14. The van der Waals surface area contributed by atoms with Crippen LogP contribution >= 0.6 is 0 Å². The highest BCUT2D eigenvalue weighted by Crippen LogP contribution is 2.25. The van der Waals surface area contributed by atoms with Crippen molar-refractivity contribution in [3.05, 3.63) is 60.3 Å². The summed E-state index contributed by atoms with van der Waals surface area (Å²) < 4.78 is 14.8. The number of aromatic nitrogens is 4. The quantitative estimate of drug-likeness (QED) is 0.733. The fourth-order valence-corrected chi connectivity index (χ4v) is 2.11. The van der Waals surface area contributed by atoms with Crippen molar-refractivity contribution in [1.29, 1.82) is 0 Å². The number of pyridine rings is 1. The average molecular weight is 268 g/mol. The molecule has 20 heavy (non-hydrogen) atoms. The van der Waals surface area contributed by atoms with Gasteiger partial charge in [-0.3, -0.25) is 4.98 Å².